The van der Waals surface area contributed by atoms with Gasteiger partial charge in [-0.15, -0.1) is 11.3 Å². The number of rotatable bonds is 6. The molecule has 3 N–H and O–H groups in total. The Morgan fingerprint density at radius 2 is 2.15 bits per heavy atom. The first-order valence-electron chi connectivity index (χ1n) is 13.6. The summed E-state index contributed by atoms with van der Waals surface area (Å²) in [7, 11) is 1.84. The van der Waals surface area contributed by atoms with Crippen LogP contribution in [0.4, 0.5) is 21.3 Å². The molecule has 1 aliphatic carbocycles. The van der Waals surface area contributed by atoms with Crippen LogP contribution >= 0.6 is 11.3 Å². The molecule has 0 radical (unpaired) electrons. The van der Waals surface area contributed by atoms with Crippen LogP contribution < -0.4 is 20.3 Å². The summed E-state index contributed by atoms with van der Waals surface area (Å²) in [5, 5.41) is 20.8. The Balaban J connectivity index is 1.16. The van der Waals surface area contributed by atoms with Crippen molar-refractivity contribution in [2.45, 2.75) is 61.4 Å². The van der Waals surface area contributed by atoms with Crippen LogP contribution in [-0.4, -0.2) is 102 Å². The summed E-state index contributed by atoms with van der Waals surface area (Å²) in [5.41, 5.74) is 7.42. The molecule has 208 valence electrons. The topological polar surface area (TPSA) is 137 Å². The minimum absolute atomic E-state index is 0.132. The Kier molecular flexibility index (Phi) is 5.89. The third-order valence-corrected chi connectivity index (χ3v) is 10.5. The van der Waals surface area contributed by atoms with E-state index in [0.717, 1.165) is 37.8 Å². The second kappa shape index (κ2) is 9.12. The third kappa shape index (κ3) is 3.95. The first kappa shape index (κ1) is 25.2. The highest BCUT2D eigenvalue weighted by Gasteiger charge is 2.53. The van der Waals surface area contributed by atoms with Crippen LogP contribution in [0.1, 0.15) is 41.7 Å². The Morgan fingerprint density at radius 1 is 1.31 bits per heavy atom. The van der Waals surface area contributed by atoms with Crippen molar-refractivity contribution in [3.8, 4) is 12.1 Å². The lowest BCUT2D eigenvalue weighted by Gasteiger charge is -2.48. The maximum absolute atomic E-state index is 14.3. The molecule has 0 aromatic carbocycles. The number of halogens is 1. The highest BCUT2D eigenvalue weighted by Crippen LogP contribution is 2.52. The number of hydrogen-bond acceptors (Lipinski definition) is 12. The van der Waals surface area contributed by atoms with Gasteiger partial charge in [0.1, 0.15) is 23.8 Å². The fourth-order valence-corrected chi connectivity index (χ4v) is 8.50. The first-order chi connectivity index (χ1) is 18.8. The summed E-state index contributed by atoms with van der Waals surface area (Å²) in [6.07, 6.45) is 2.79. The van der Waals surface area contributed by atoms with Crippen LogP contribution in [0.15, 0.2) is 0 Å². The van der Waals surface area contributed by atoms with E-state index in [9.17, 15) is 14.8 Å². The maximum atomic E-state index is 14.3. The van der Waals surface area contributed by atoms with Crippen molar-refractivity contribution < 1.29 is 19.0 Å². The molecule has 7 rings (SSSR count). The molecule has 0 bridgehead atoms. The molecule has 6 heterocycles. The van der Waals surface area contributed by atoms with Gasteiger partial charge in [-0.05, 0) is 37.8 Å². The molecule has 39 heavy (non-hydrogen) atoms. The summed E-state index contributed by atoms with van der Waals surface area (Å²) in [5.74, 6) is 0.886. The number of fused-ring (bicyclic) bond motifs is 3. The third-order valence-electron chi connectivity index (χ3n) is 9.41. The van der Waals surface area contributed by atoms with E-state index in [-0.39, 0.29) is 29.6 Å². The second-order valence-corrected chi connectivity index (χ2v) is 12.9. The first-order valence-corrected chi connectivity index (χ1v) is 14.5. The van der Waals surface area contributed by atoms with Crippen molar-refractivity contribution >= 4 is 28.2 Å². The van der Waals surface area contributed by atoms with E-state index in [1.54, 1.807) is 0 Å². The molecule has 2 aromatic heterocycles. The standard InChI is InChI=1S/C26H33FN8O3S/c1-33(17-10-37-11-18(17)36)22-30-23(32-24(31-22)38-14-26-4-2-6-35(26)9-15(27)7-26)34-12-25(13-34)5-3-19-20(25)16(8-28)21(29)39-19/h15,17-18,36H,2-7,9-14,29H2,1H3/t15-,17-,18-,26+/m1/s1. The number of hydrogen-bond donors (Lipinski definition) is 2. The molecule has 13 heteroatoms. The number of nitrogen functional groups attached to an aromatic ring is 1. The van der Waals surface area contributed by atoms with Gasteiger partial charge in [0.05, 0.1) is 36.5 Å². The van der Waals surface area contributed by atoms with Crippen LogP contribution in [0, 0.1) is 11.3 Å². The number of anilines is 3. The smallest absolute Gasteiger partial charge is 0.323 e. The van der Waals surface area contributed by atoms with Crippen LogP contribution in [-0.2, 0) is 16.6 Å². The van der Waals surface area contributed by atoms with Crippen LogP contribution in [0.25, 0.3) is 0 Å². The number of thiophene rings is 1. The number of nitrogens with zero attached hydrogens (tertiary/aromatic N) is 7. The minimum atomic E-state index is -0.841. The van der Waals surface area contributed by atoms with Gasteiger partial charge in [-0.1, -0.05) is 0 Å². The van der Waals surface area contributed by atoms with E-state index in [1.165, 1.54) is 16.2 Å². The molecule has 2 aromatic rings. The number of likely N-dealkylation sites (N-methyl/N-ethyl adjacent to an activating group) is 1. The van der Waals surface area contributed by atoms with Gasteiger partial charge in [0, 0.05) is 43.4 Å². The normalized spacial score (nSPS) is 30.8. The zero-order chi connectivity index (χ0) is 26.9. The quantitative estimate of drug-likeness (QED) is 0.532. The summed E-state index contributed by atoms with van der Waals surface area (Å²) in [6.45, 7) is 3.65. The van der Waals surface area contributed by atoms with Gasteiger partial charge in [0.2, 0.25) is 11.9 Å². The van der Waals surface area contributed by atoms with Gasteiger partial charge in [0.15, 0.2) is 0 Å². The van der Waals surface area contributed by atoms with Gasteiger partial charge in [-0.3, -0.25) is 4.90 Å². The predicted octanol–water partition coefficient (Wildman–Crippen LogP) is 1.24. The van der Waals surface area contributed by atoms with Crippen LogP contribution in [0.5, 0.6) is 6.01 Å². The fraction of sp³-hybridized carbons (Fsp3) is 0.692. The average molecular weight is 557 g/mol. The van der Waals surface area contributed by atoms with E-state index in [0.29, 0.717) is 61.7 Å². The lowest BCUT2D eigenvalue weighted by molar-refractivity contribution is 0.107. The number of alkyl halides is 1. The van der Waals surface area contributed by atoms with Gasteiger partial charge >= 0.3 is 6.01 Å². The zero-order valence-electron chi connectivity index (χ0n) is 22.0. The van der Waals surface area contributed by atoms with Crippen molar-refractivity contribution in [3.05, 3.63) is 16.0 Å². The van der Waals surface area contributed by atoms with E-state index >= 15 is 0 Å². The molecular formula is C26H33FN8O3S. The van der Waals surface area contributed by atoms with Crippen LogP contribution in [0.2, 0.25) is 0 Å². The summed E-state index contributed by atoms with van der Waals surface area (Å²) in [6, 6.07) is 2.23. The molecule has 4 fully saturated rings. The summed E-state index contributed by atoms with van der Waals surface area (Å²) < 4.78 is 26.0. The molecule has 0 saturated carbocycles. The molecule has 0 amide bonds. The molecule has 1 spiro atoms. The van der Waals surface area contributed by atoms with Gasteiger partial charge < -0.3 is 30.1 Å². The number of aliphatic hydroxyl groups excluding tert-OH is 1. The van der Waals surface area contributed by atoms with E-state index < -0.39 is 12.3 Å². The number of aliphatic hydroxyl groups is 1. The fourth-order valence-electron chi connectivity index (χ4n) is 7.36. The molecule has 4 aliphatic heterocycles. The van der Waals surface area contributed by atoms with Crippen molar-refractivity contribution in [1.82, 2.24) is 19.9 Å². The highest BCUT2D eigenvalue weighted by molar-refractivity contribution is 7.16. The lowest BCUT2D eigenvalue weighted by atomic mass is 9.74. The minimum Gasteiger partial charge on any atom is -0.461 e. The van der Waals surface area contributed by atoms with Crippen molar-refractivity contribution in [3.63, 3.8) is 0 Å². The van der Waals surface area contributed by atoms with Gasteiger partial charge in [-0.25, -0.2) is 4.39 Å². The summed E-state index contributed by atoms with van der Waals surface area (Å²) in [4.78, 5) is 21.4. The number of nitrogens with two attached hydrogens (primary N) is 1. The van der Waals surface area contributed by atoms with Crippen molar-refractivity contribution in [2.24, 2.45) is 0 Å². The Morgan fingerprint density at radius 3 is 2.92 bits per heavy atom. The van der Waals surface area contributed by atoms with Crippen LogP contribution in [0.3, 0.4) is 0 Å². The monoisotopic (exact) mass is 556 g/mol. The Hall–Kier alpha value is -2.79. The van der Waals surface area contributed by atoms with Gasteiger partial charge in [0.25, 0.3) is 0 Å². The second-order valence-electron chi connectivity index (χ2n) is 11.8. The lowest BCUT2D eigenvalue weighted by Crippen LogP contribution is -2.59. The van der Waals surface area contributed by atoms with E-state index in [2.05, 4.69) is 20.9 Å². The molecule has 0 unspecified atom stereocenters. The number of ether oxygens (including phenoxy) is 2. The largest absolute Gasteiger partial charge is 0.461 e. The number of aromatic nitrogens is 3. The Labute approximate surface area is 230 Å². The van der Waals surface area contributed by atoms with Gasteiger partial charge in [-0.2, -0.15) is 20.2 Å². The van der Waals surface area contributed by atoms with E-state index in [4.69, 9.17) is 25.2 Å². The molecule has 5 aliphatic rings. The van der Waals surface area contributed by atoms with E-state index in [1.807, 2.05) is 11.9 Å². The number of nitriles is 1. The maximum Gasteiger partial charge on any atom is 0.323 e. The average Bonchev–Trinajstić information content (AvgIpc) is 3.68. The molecule has 4 atom stereocenters. The zero-order valence-corrected chi connectivity index (χ0v) is 22.8. The number of aryl methyl sites for hydroxylation is 1. The summed E-state index contributed by atoms with van der Waals surface area (Å²) >= 11 is 1.53. The van der Waals surface area contributed by atoms with Crippen molar-refractivity contribution in [1.29, 1.82) is 5.26 Å². The SMILES string of the molecule is CN(c1nc(OC[C@@]23CCCN2C[C@H](F)C3)nc(N2CC3(CCc4sc(N)c(C#N)c43)C2)n1)[C@@H]1COC[C@H]1O. The molecular weight excluding hydrogens is 523 g/mol. The molecule has 4 saturated heterocycles. The molecule has 11 nitrogen and oxygen atoms in total. The predicted molar refractivity (Wildman–Crippen MR) is 143 cm³/mol. The Bertz CT molecular complexity index is 1330. The highest BCUT2D eigenvalue weighted by atomic mass is 32.1. The van der Waals surface area contributed by atoms with Crippen molar-refractivity contribution in [2.75, 3.05) is 68.6 Å².